The molecule has 0 aromatic rings. The van der Waals surface area contributed by atoms with E-state index in [-0.39, 0.29) is 0 Å². The van der Waals surface area contributed by atoms with Crippen LogP contribution in [-0.4, -0.2) is 40.8 Å². The molecule has 0 aromatic heterocycles. The standard InChI is InChI=1S/C13H23NOS/c1-10-11(2)16-8-7-14(10)9-12-5-3-4-6-13(12)15/h10-12H,3-9H2,1-2H3. The van der Waals surface area contributed by atoms with Crippen LogP contribution in [0, 0.1) is 5.92 Å². The Balaban J connectivity index is 1.90. The van der Waals surface area contributed by atoms with Gasteiger partial charge >= 0.3 is 0 Å². The van der Waals surface area contributed by atoms with E-state index in [0.29, 0.717) is 23.0 Å². The fourth-order valence-electron chi connectivity index (χ4n) is 2.78. The minimum Gasteiger partial charge on any atom is -0.299 e. The summed E-state index contributed by atoms with van der Waals surface area (Å²) in [5.41, 5.74) is 0. The van der Waals surface area contributed by atoms with Crippen molar-refractivity contribution in [3.05, 3.63) is 0 Å². The van der Waals surface area contributed by atoms with Gasteiger partial charge in [0.05, 0.1) is 0 Å². The second-order valence-electron chi connectivity index (χ2n) is 5.22. The van der Waals surface area contributed by atoms with Gasteiger partial charge in [0.2, 0.25) is 0 Å². The van der Waals surface area contributed by atoms with Crippen LogP contribution < -0.4 is 0 Å². The number of ketones is 1. The minimum absolute atomic E-state index is 0.339. The molecule has 16 heavy (non-hydrogen) atoms. The molecule has 2 rings (SSSR count). The molecule has 0 spiro atoms. The molecular formula is C13H23NOS. The van der Waals surface area contributed by atoms with Crippen LogP contribution in [0.25, 0.3) is 0 Å². The summed E-state index contributed by atoms with van der Waals surface area (Å²) < 4.78 is 0. The smallest absolute Gasteiger partial charge is 0.137 e. The van der Waals surface area contributed by atoms with Gasteiger partial charge in [-0.25, -0.2) is 0 Å². The Morgan fingerprint density at radius 1 is 1.38 bits per heavy atom. The third-order valence-electron chi connectivity index (χ3n) is 4.15. The molecule has 1 saturated carbocycles. The molecule has 1 heterocycles. The molecule has 3 unspecified atom stereocenters. The van der Waals surface area contributed by atoms with E-state index in [1.807, 2.05) is 0 Å². The maximum absolute atomic E-state index is 11.8. The average molecular weight is 241 g/mol. The largest absolute Gasteiger partial charge is 0.299 e. The Bertz CT molecular complexity index is 256. The van der Waals surface area contributed by atoms with E-state index in [4.69, 9.17) is 0 Å². The number of carbonyl (C=O) groups excluding carboxylic acids is 1. The minimum atomic E-state index is 0.339. The zero-order chi connectivity index (χ0) is 11.5. The lowest BCUT2D eigenvalue weighted by molar-refractivity contribution is -0.125. The van der Waals surface area contributed by atoms with E-state index in [1.54, 1.807) is 0 Å². The molecule has 0 bridgehead atoms. The predicted octanol–water partition coefficient (Wildman–Crippen LogP) is 2.57. The van der Waals surface area contributed by atoms with Crippen LogP contribution in [-0.2, 0) is 4.79 Å². The number of rotatable bonds is 2. The Morgan fingerprint density at radius 2 is 2.19 bits per heavy atom. The van der Waals surface area contributed by atoms with Gasteiger partial charge in [-0.3, -0.25) is 9.69 Å². The highest BCUT2D eigenvalue weighted by Gasteiger charge is 2.30. The summed E-state index contributed by atoms with van der Waals surface area (Å²) in [5, 5.41) is 0.715. The maximum Gasteiger partial charge on any atom is 0.137 e. The number of hydrogen-bond donors (Lipinski definition) is 0. The fraction of sp³-hybridized carbons (Fsp3) is 0.923. The summed E-state index contributed by atoms with van der Waals surface area (Å²) in [4.78, 5) is 14.4. The highest BCUT2D eigenvalue weighted by Crippen LogP contribution is 2.27. The van der Waals surface area contributed by atoms with E-state index < -0.39 is 0 Å². The third kappa shape index (κ3) is 2.80. The fourth-order valence-corrected chi connectivity index (χ4v) is 3.95. The molecule has 2 aliphatic rings. The Labute approximate surface area is 103 Å². The lowest BCUT2D eigenvalue weighted by Gasteiger charge is -2.39. The van der Waals surface area contributed by atoms with Gasteiger partial charge in [-0.1, -0.05) is 13.3 Å². The van der Waals surface area contributed by atoms with E-state index in [1.165, 1.54) is 18.7 Å². The number of nitrogens with zero attached hydrogens (tertiary/aromatic N) is 1. The molecule has 0 N–H and O–H groups in total. The van der Waals surface area contributed by atoms with Crippen molar-refractivity contribution in [3.8, 4) is 0 Å². The third-order valence-corrected chi connectivity index (χ3v) is 5.49. The number of Topliss-reactive ketones (excluding diaryl/α,β-unsaturated/α-hetero) is 1. The van der Waals surface area contributed by atoms with Crippen molar-refractivity contribution in [2.75, 3.05) is 18.8 Å². The van der Waals surface area contributed by atoms with Gasteiger partial charge in [0.25, 0.3) is 0 Å². The van der Waals surface area contributed by atoms with Gasteiger partial charge < -0.3 is 0 Å². The van der Waals surface area contributed by atoms with Gasteiger partial charge in [0, 0.05) is 42.5 Å². The van der Waals surface area contributed by atoms with Crippen molar-refractivity contribution in [2.24, 2.45) is 5.92 Å². The summed E-state index contributed by atoms with van der Waals surface area (Å²) in [6.45, 7) is 6.80. The highest BCUT2D eigenvalue weighted by molar-refractivity contribution is 8.00. The molecule has 1 aliphatic heterocycles. The summed E-state index contributed by atoms with van der Waals surface area (Å²) >= 11 is 2.07. The van der Waals surface area contributed by atoms with Crippen LogP contribution in [0.5, 0.6) is 0 Å². The van der Waals surface area contributed by atoms with Crippen LogP contribution in [0.3, 0.4) is 0 Å². The monoisotopic (exact) mass is 241 g/mol. The highest BCUT2D eigenvalue weighted by atomic mass is 32.2. The molecule has 2 nitrogen and oxygen atoms in total. The molecule has 1 aliphatic carbocycles. The SMILES string of the molecule is CC1SCCN(CC2CCCCC2=O)C1C. The molecule has 92 valence electrons. The van der Waals surface area contributed by atoms with Crippen LogP contribution in [0.2, 0.25) is 0 Å². The molecule has 3 atom stereocenters. The summed E-state index contributed by atoms with van der Waals surface area (Å²) in [6.07, 6.45) is 4.33. The lowest BCUT2D eigenvalue weighted by Crippen LogP contribution is -2.48. The first-order valence-corrected chi connectivity index (χ1v) is 7.61. The first-order chi connectivity index (χ1) is 7.68. The van der Waals surface area contributed by atoms with Crippen LogP contribution in [0.15, 0.2) is 0 Å². The second-order valence-corrected chi connectivity index (χ2v) is 6.71. The molecular weight excluding hydrogens is 218 g/mol. The van der Waals surface area contributed by atoms with Crippen molar-refractivity contribution < 1.29 is 4.79 Å². The van der Waals surface area contributed by atoms with E-state index in [9.17, 15) is 4.79 Å². The zero-order valence-electron chi connectivity index (χ0n) is 10.4. The quantitative estimate of drug-likeness (QED) is 0.741. The number of hydrogen-bond acceptors (Lipinski definition) is 3. The van der Waals surface area contributed by atoms with E-state index >= 15 is 0 Å². The van der Waals surface area contributed by atoms with Crippen molar-refractivity contribution in [1.29, 1.82) is 0 Å². The normalized spacial score (nSPS) is 37.6. The van der Waals surface area contributed by atoms with E-state index in [2.05, 4.69) is 30.5 Å². The van der Waals surface area contributed by atoms with Gasteiger partial charge in [-0.15, -0.1) is 0 Å². The first-order valence-electron chi connectivity index (χ1n) is 6.57. The number of thioether (sulfide) groups is 1. The zero-order valence-corrected chi connectivity index (χ0v) is 11.3. The van der Waals surface area contributed by atoms with Crippen LogP contribution in [0.1, 0.15) is 39.5 Å². The molecule has 2 fully saturated rings. The summed E-state index contributed by atoms with van der Waals surface area (Å²) in [7, 11) is 0. The Hall–Kier alpha value is -0.0200. The first kappa shape index (κ1) is 12.4. The van der Waals surface area contributed by atoms with Gasteiger partial charge in [0.1, 0.15) is 5.78 Å². The maximum atomic E-state index is 11.8. The molecule has 0 aromatic carbocycles. The van der Waals surface area contributed by atoms with Crippen molar-refractivity contribution >= 4 is 17.5 Å². The lowest BCUT2D eigenvalue weighted by atomic mass is 9.87. The van der Waals surface area contributed by atoms with Crippen molar-refractivity contribution in [2.45, 2.75) is 50.8 Å². The van der Waals surface area contributed by atoms with Crippen LogP contribution >= 0.6 is 11.8 Å². The molecule has 0 amide bonds. The van der Waals surface area contributed by atoms with Crippen LogP contribution in [0.4, 0.5) is 0 Å². The topological polar surface area (TPSA) is 20.3 Å². The Kier molecular flexibility index (Phi) is 4.31. The predicted molar refractivity (Wildman–Crippen MR) is 69.9 cm³/mol. The van der Waals surface area contributed by atoms with Crippen molar-refractivity contribution in [1.82, 2.24) is 4.90 Å². The summed E-state index contributed by atoms with van der Waals surface area (Å²) in [6, 6.07) is 0.633. The Morgan fingerprint density at radius 3 is 2.94 bits per heavy atom. The van der Waals surface area contributed by atoms with Crippen molar-refractivity contribution in [3.63, 3.8) is 0 Å². The summed E-state index contributed by atoms with van der Waals surface area (Å²) in [5.74, 6) is 2.09. The van der Waals surface area contributed by atoms with Gasteiger partial charge in [-0.05, 0) is 19.8 Å². The molecule has 0 radical (unpaired) electrons. The van der Waals surface area contributed by atoms with Gasteiger partial charge in [0.15, 0.2) is 0 Å². The van der Waals surface area contributed by atoms with E-state index in [0.717, 1.165) is 25.8 Å². The average Bonchev–Trinajstić information content (AvgIpc) is 2.28. The number of carbonyl (C=O) groups is 1. The second kappa shape index (κ2) is 5.54. The molecule has 1 saturated heterocycles. The van der Waals surface area contributed by atoms with Gasteiger partial charge in [-0.2, -0.15) is 11.8 Å². The molecule has 3 heteroatoms.